The van der Waals surface area contributed by atoms with Gasteiger partial charge >= 0.3 is 0 Å². The molecule has 3 rings (SSSR count). The highest BCUT2D eigenvalue weighted by molar-refractivity contribution is 9.10. The van der Waals surface area contributed by atoms with Crippen molar-refractivity contribution < 1.29 is 9.47 Å². The second-order valence-electron chi connectivity index (χ2n) is 5.20. The molecule has 0 bridgehead atoms. The summed E-state index contributed by atoms with van der Waals surface area (Å²) in [7, 11) is 1.65. The SMILES string of the molecule is COc1ccc(Oc2ccc(CNC3CC3)cc2)c(Br)c1. The van der Waals surface area contributed by atoms with Gasteiger partial charge in [0.15, 0.2) is 0 Å². The van der Waals surface area contributed by atoms with Crippen molar-refractivity contribution in [3.63, 3.8) is 0 Å². The maximum absolute atomic E-state index is 5.88. The number of hydrogen-bond donors (Lipinski definition) is 1. The van der Waals surface area contributed by atoms with Crippen molar-refractivity contribution in [2.75, 3.05) is 7.11 Å². The smallest absolute Gasteiger partial charge is 0.141 e. The molecule has 1 N–H and O–H groups in total. The second-order valence-corrected chi connectivity index (χ2v) is 6.05. The van der Waals surface area contributed by atoms with Crippen LogP contribution in [0.4, 0.5) is 0 Å². The largest absolute Gasteiger partial charge is 0.497 e. The molecule has 110 valence electrons. The molecule has 1 aliphatic rings. The molecule has 2 aromatic carbocycles. The van der Waals surface area contributed by atoms with E-state index >= 15 is 0 Å². The molecular weight excluding hydrogens is 330 g/mol. The average molecular weight is 348 g/mol. The summed E-state index contributed by atoms with van der Waals surface area (Å²) in [5.41, 5.74) is 1.28. The summed E-state index contributed by atoms with van der Waals surface area (Å²) in [5.74, 6) is 2.41. The van der Waals surface area contributed by atoms with E-state index in [1.807, 2.05) is 30.3 Å². The first-order valence-corrected chi connectivity index (χ1v) is 7.87. The number of nitrogens with one attached hydrogen (secondary N) is 1. The minimum Gasteiger partial charge on any atom is -0.497 e. The lowest BCUT2D eigenvalue weighted by molar-refractivity contribution is 0.412. The van der Waals surface area contributed by atoms with Crippen LogP contribution in [0.5, 0.6) is 17.2 Å². The lowest BCUT2D eigenvalue weighted by Crippen LogP contribution is -2.14. The summed E-state index contributed by atoms with van der Waals surface area (Å²) in [4.78, 5) is 0. The van der Waals surface area contributed by atoms with Crippen molar-refractivity contribution in [1.82, 2.24) is 5.32 Å². The van der Waals surface area contributed by atoms with Gasteiger partial charge in [-0.05, 0) is 64.7 Å². The molecule has 0 atom stereocenters. The zero-order chi connectivity index (χ0) is 14.7. The summed E-state index contributed by atoms with van der Waals surface area (Å²) in [5, 5.41) is 3.50. The molecule has 1 saturated carbocycles. The highest BCUT2D eigenvalue weighted by Crippen LogP contribution is 2.32. The maximum Gasteiger partial charge on any atom is 0.141 e. The maximum atomic E-state index is 5.88. The Kier molecular flexibility index (Phi) is 4.46. The number of rotatable bonds is 6. The van der Waals surface area contributed by atoms with Gasteiger partial charge in [-0.25, -0.2) is 0 Å². The minimum absolute atomic E-state index is 0.733. The van der Waals surface area contributed by atoms with E-state index < -0.39 is 0 Å². The van der Waals surface area contributed by atoms with E-state index in [1.165, 1.54) is 18.4 Å². The molecule has 4 heteroatoms. The van der Waals surface area contributed by atoms with Crippen LogP contribution >= 0.6 is 15.9 Å². The number of halogens is 1. The van der Waals surface area contributed by atoms with E-state index in [1.54, 1.807) is 7.11 Å². The molecule has 0 saturated heterocycles. The van der Waals surface area contributed by atoms with Crippen molar-refractivity contribution >= 4 is 15.9 Å². The normalized spacial score (nSPS) is 14.0. The van der Waals surface area contributed by atoms with Crippen LogP contribution in [0.25, 0.3) is 0 Å². The zero-order valence-electron chi connectivity index (χ0n) is 11.9. The van der Waals surface area contributed by atoms with E-state index in [0.717, 1.165) is 34.3 Å². The van der Waals surface area contributed by atoms with Crippen LogP contribution in [0.1, 0.15) is 18.4 Å². The fourth-order valence-corrected chi connectivity index (χ4v) is 2.48. The molecule has 0 unspecified atom stereocenters. The number of ether oxygens (including phenoxy) is 2. The van der Waals surface area contributed by atoms with Crippen molar-refractivity contribution in [2.24, 2.45) is 0 Å². The van der Waals surface area contributed by atoms with Gasteiger partial charge in [0.2, 0.25) is 0 Å². The first-order valence-electron chi connectivity index (χ1n) is 7.08. The van der Waals surface area contributed by atoms with E-state index in [9.17, 15) is 0 Å². The molecule has 0 heterocycles. The van der Waals surface area contributed by atoms with Crippen molar-refractivity contribution in [3.8, 4) is 17.2 Å². The van der Waals surface area contributed by atoms with Gasteiger partial charge in [-0.3, -0.25) is 0 Å². The van der Waals surface area contributed by atoms with Crippen LogP contribution in [-0.2, 0) is 6.54 Å². The molecule has 0 amide bonds. The lowest BCUT2D eigenvalue weighted by atomic mass is 10.2. The van der Waals surface area contributed by atoms with Crippen LogP contribution < -0.4 is 14.8 Å². The summed E-state index contributed by atoms with van der Waals surface area (Å²) in [6.07, 6.45) is 2.62. The number of methoxy groups -OCH3 is 1. The Bertz CT molecular complexity index is 609. The third kappa shape index (κ3) is 3.99. The molecule has 0 spiro atoms. The molecule has 21 heavy (non-hydrogen) atoms. The predicted molar refractivity (Wildman–Crippen MR) is 87.1 cm³/mol. The Morgan fingerprint density at radius 3 is 2.43 bits per heavy atom. The molecule has 0 radical (unpaired) electrons. The summed E-state index contributed by atoms with van der Waals surface area (Å²) in [6, 6.07) is 14.6. The molecule has 1 aliphatic carbocycles. The molecule has 0 aliphatic heterocycles. The molecule has 3 nitrogen and oxygen atoms in total. The quantitative estimate of drug-likeness (QED) is 0.834. The van der Waals surface area contributed by atoms with Crippen LogP contribution in [0, 0.1) is 0 Å². The second kappa shape index (κ2) is 6.50. The first-order chi connectivity index (χ1) is 10.2. The van der Waals surface area contributed by atoms with Crippen LogP contribution in [0.3, 0.4) is 0 Å². The Morgan fingerprint density at radius 2 is 1.81 bits per heavy atom. The number of hydrogen-bond acceptors (Lipinski definition) is 3. The Balaban J connectivity index is 1.63. The van der Waals surface area contributed by atoms with Gasteiger partial charge in [0.25, 0.3) is 0 Å². The summed E-state index contributed by atoms with van der Waals surface area (Å²) < 4.78 is 11.9. The van der Waals surface area contributed by atoms with Crippen molar-refractivity contribution in [2.45, 2.75) is 25.4 Å². The minimum atomic E-state index is 0.733. The third-order valence-electron chi connectivity index (χ3n) is 3.46. The topological polar surface area (TPSA) is 30.5 Å². The molecule has 1 fully saturated rings. The first kappa shape index (κ1) is 14.4. The highest BCUT2D eigenvalue weighted by Gasteiger charge is 2.19. The predicted octanol–water partition coefficient (Wildman–Crippen LogP) is 4.50. The van der Waals surface area contributed by atoms with Gasteiger partial charge < -0.3 is 14.8 Å². The highest BCUT2D eigenvalue weighted by atomic mass is 79.9. The van der Waals surface area contributed by atoms with E-state index in [4.69, 9.17) is 9.47 Å². The Labute approximate surface area is 133 Å². The fourth-order valence-electron chi connectivity index (χ4n) is 2.04. The van der Waals surface area contributed by atoms with Crippen molar-refractivity contribution in [3.05, 3.63) is 52.5 Å². The van der Waals surface area contributed by atoms with Gasteiger partial charge in [-0.1, -0.05) is 12.1 Å². The van der Waals surface area contributed by atoms with Gasteiger partial charge in [-0.15, -0.1) is 0 Å². The fraction of sp³-hybridized carbons (Fsp3) is 0.294. The Morgan fingerprint density at radius 1 is 1.10 bits per heavy atom. The van der Waals surface area contributed by atoms with Gasteiger partial charge in [0.1, 0.15) is 17.2 Å². The average Bonchev–Trinajstić information content (AvgIpc) is 3.33. The summed E-state index contributed by atoms with van der Waals surface area (Å²) >= 11 is 3.49. The third-order valence-corrected chi connectivity index (χ3v) is 4.08. The van der Waals surface area contributed by atoms with Crippen LogP contribution in [0.15, 0.2) is 46.9 Å². The van der Waals surface area contributed by atoms with Crippen LogP contribution in [0.2, 0.25) is 0 Å². The van der Waals surface area contributed by atoms with Gasteiger partial charge in [-0.2, -0.15) is 0 Å². The van der Waals surface area contributed by atoms with E-state index in [0.29, 0.717) is 0 Å². The van der Waals surface area contributed by atoms with Gasteiger partial charge in [0, 0.05) is 12.6 Å². The monoisotopic (exact) mass is 347 g/mol. The van der Waals surface area contributed by atoms with Crippen molar-refractivity contribution in [1.29, 1.82) is 0 Å². The van der Waals surface area contributed by atoms with E-state index in [-0.39, 0.29) is 0 Å². The van der Waals surface area contributed by atoms with Crippen LogP contribution in [-0.4, -0.2) is 13.2 Å². The standard InChI is InChI=1S/C17H18BrNO2/c1-20-15-8-9-17(16(18)10-15)21-14-6-2-12(3-7-14)11-19-13-4-5-13/h2-3,6-10,13,19H,4-5,11H2,1H3. The number of benzene rings is 2. The zero-order valence-corrected chi connectivity index (χ0v) is 13.5. The molecule has 0 aromatic heterocycles. The lowest BCUT2D eigenvalue weighted by Gasteiger charge is -2.10. The Hall–Kier alpha value is -1.52. The molecule has 2 aromatic rings. The van der Waals surface area contributed by atoms with E-state index in [2.05, 4.69) is 33.4 Å². The summed E-state index contributed by atoms with van der Waals surface area (Å²) in [6.45, 7) is 0.928. The van der Waals surface area contributed by atoms with Gasteiger partial charge in [0.05, 0.1) is 11.6 Å². The molecular formula is C17H18BrNO2.